The van der Waals surface area contributed by atoms with Crippen molar-refractivity contribution in [3.8, 4) is 5.75 Å². The number of nitro benzene ring substituents is 1. The zero-order valence-corrected chi connectivity index (χ0v) is 21.2. The SMILES string of the molecule is C=CCOC(=O)C1=C(C)N=c2sc(=Cc3ccccc3[N+](=O)[O-])c(=O)n2C1c1ccc(OCCC)cc1. The summed E-state index contributed by atoms with van der Waals surface area (Å²) in [5.41, 5.74) is 1.09. The summed E-state index contributed by atoms with van der Waals surface area (Å²) in [6.07, 6.45) is 3.81. The quantitative estimate of drug-likeness (QED) is 0.185. The number of benzene rings is 2. The lowest BCUT2D eigenvalue weighted by molar-refractivity contribution is -0.385. The minimum absolute atomic E-state index is 0.00816. The number of esters is 1. The van der Waals surface area contributed by atoms with Crippen LogP contribution in [0.2, 0.25) is 0 Å². The van der Waals surface area contributed by atoms with Crippen molar-refractivity contribution in [3.63, 3.8) is 0 Å². The summed E-state index contributed by atoms with van der Waals surface area (Å²) in [6.45, 7) is 7.86. The molecule has 3 aromatic rings. The van der Waals surface area contributed by atoms with Gasteiger partial charge in [-0.1, -0.05) is 55.2 Å². The molecule has 9 nitrogen and oxygen atoms in total. The molecular weight excluding hydrogens is 494 g/mol. The minimum atomic E-state index is -0.804. The topological polar surface area (TPSA) is 113 Å². The highest BCUT2D eigenvalue weighted by atomic mass is 32.1. The monoisotopic (exact) mass is 519 g/mol. The molecule has 1 aliphatic heterocycles. The summed E-state index contributed by atoms with van der Waals surface area (Å²) in [5.74, 6) is 0.0660. The van der Waals surface area contributed by atoms with E-state index < -0.39 is 22.5 Å². The number of aromatic nitrogens is 1. The fraction of sp³-hybridized carbons (Fsp3) is 0.222. The first-order valence-corrected chi connectivity index (χ1v) is 12.4. The molecule has 0 spiro atoms. The van der Waals surface area contributed by atoms with Crippen molar-refractivity contribution >= 4 is 29.1 Å². The lowest BCUT2D eigenvalue weighted by Gasteiger charge is -2.24. The second-order valence-corrected chi connectivity index (χ2v) is 9.21. The average molecular weight is 520 g/mol. The molecule has 4 rings (SSSR count). The van der Waals surface area contributed by atoms with Crippen molar-refractivity contribution in [1.29, 1.82) is 0 Å². The Morgan fingerprint density at radius 3 is 2.65 bits per heavy atom. The molecule has 2 heterocycles. The van der Waals surface area contributed by atoms with Gasteiger partial charge in [0, 0.05) is 6.07 Å². The Kier molecular flexibility index (Phi) is 7.78. The largest absolute Gasteiger partial charge is 0.494 e. The number of fused-ring (bicyclic) bond motifs is 1. The molecule has 0 fully saturated rings. The van der Waals surface area contributed by atoms with Gasteiger partial charge in [-0.25, -0.2) is 9.79 Å². The standard InChI is InChI=1S/C27H25N3O6S/c1-4-14-35-20-12-10-18(11-13-20)24-23(26(32)36-15-5-2)17(3)28-27-29(24)25(31)22(37-27)16-19-8-6-7-9-21(19)30(33)34/h5-13,16,24H,2,4,14-15H2,1,3H3. The van der Waals surface area contributed by atoms with Crippen LogP contribution in [0.5, 0.6) is 5.75 Å². The van der Waals surface area contributed by atoms with E-state index in [-0.39, 0.29) is 22.4 Å². The van der Waals surface area contributed by atoms with Crippen LogP contribution in [0, 0.1) is 10.1 Å². The summed E-state index contributed by atoms with van der Waals surface area (Å²) in [4.78, 5) is 42.7. The van der Waals surface area contributed by atoms with Crippen molar-refractivity contribution in [2.24, 2.45) is 4.99 Å². The molecule has 1 aromatic heterocycles. The lowest BCUT2D eigenvalue weighted by Crippen LogP contribution is -2.39. The van der Waals surface area contributed by atoms with Crippen molar-refractivity contribution in [2.45, 2.75) is 26.3 Å². The van der Waals surface area contributed by atoms with Gasteiger partial charge in [-0.15, -0.1) is 0 Å². The van der Waals surface area contributed by atoms with Gasteiger partial charge in [0.05, 0.1) is 38.9 Å². The number of hydrogen-bond acceptors (Lipinski definition) is 8. The molecule has 10 heteroatoms. The smallest absolute Gasteiger partial charge is 0.338 e. The second kappa shape index (κ2) is 11.2. The van der Waals surface area contributed by atoms with Gasteiger partial charge in [0.15, 0.2) is 4.80 Å². The molecule has 0 N–H and O–H groups in total. The van der Waals surface area contributed by atoms with Gasteiger partial charge in [-0.3, -0.25) is 19.5 Å². The maximum Gasteiger partial charge on any atom is 0.338 e. The highest BCUT2D eigenvalue weighted by Crippen LogP contribution is 2.31. The number of nitrogens with zero attached hydrogens (tertiary/aromatic N) is 3. The van der Waals surface area contributed by atoms with Crippen LogP contribution in [0.15, 0.2) is 82.2 Å². The molecule has 1 atom stereocenters. The number of hydrogen-bond donors (Lipinski definition) is 0. The van der Waals surface area contributed by atoms with Crippen LogP contribution in [0.1, 0.15) is 37.4 Å². The first kappa shape index (κ1) is 25.8. The lowest BCUT2D eigenvalue weighted by atomic mass is 9.96. The van der Waals surface area contributed by atoms with Gasteiger partial charge >= 0.3 is 5.97 Å². The van der Waals surface area contributed by atoms with Crippen LogP contribution in [-0.4, -0.2) is 28.7 Å². The predicted molar refractivity (Wildman–Crippen MR) is 140 cm³/mol. The van der Waals surface area contributed by atoms with E-state index in [2.05, 4.69) is 11.6 Å². The van der Waals surface area contributed by atoms with Crippen molar-refractivity contribution in [3.05, 3.63) is 113 Å². The van der Waals surface area contributed by atoms with E-state index in [4.69, 9.17) is 9.47 Å². The van der Waals surface area contributed by atoms with Gasteiger partial charge in [-0.2, -0.15) is 0 Å². The number of ether oxygens (including phenoxy) is 2. The maximum atomic E-state index is 13.7. The fourth-order valence-electron chi connectivity index (χ4n) is 3.99. The van der Waals surface area contributed by atoms with Crippen LogP contribution < -0.4 is 19.6 Å². The molecule has 0 saturated heterocycles. The summed E-state index contributed by atoms with van der Waals surface area (Å²) in [5, 5.41) is 11.5. The van der Waals surface area contributed by atoms with E-state index >= 15 is 0 Å². The fourth-order valence-corrected chi connectivity index (χ4v) is 5.03. The third-order valence-corrected chi connectivity index (χ3v) is 6.65. The number of carbonyl (C=O) groups is 1. The van der Waals surface area contributed by atoms with Crippen molar-refractivity contribution < 1.29 is 19.2 Å². The molecular formula is C27H25N3O6S. The molecule has 2 aromatic carbocycles. The minimum Gasteiger partial charge on any atom is -0.494 e. The van der Waals surface area contributed by atoms with E-state index in [0.717, 1.165) is 17.8 Å². The van der Waals surface area contributed by atoms with Gasteiger partial charge in [0.1, 0.15) is 12.4 Å². The maximum absolute atomic E-state index is 13.7. The van der Waals surface area contributed by atoms with Crippen LogP contribution in [0.25, 0.3) is 6.08 Å². The highest BCUT2D eigenvalue weighted by molar-refractivity contribution is 7.07. The van der Waals surface area contributed by atoms with E-state index in [9.17, 15) is 19.7 Å². The number of thiazole rings is 1. The predicted octanol–water partition coefficient (Wildman–Crippen LogP) is 3.66. The van der Waals surface area contributed by atoms with Crippen molar-refractivity contribution in [1.82, 2.24) is 4.57 Å². The number of para-hydroxylation sites is 1. The highest BCUT2D eigenvalue weighted by Gasteiger charge is 2.33. The second-order valence-electron chi connectivity index (χ2n) is 8.20. The van der Waals surface area contributed by atoms with Crippen LogP contribution in [0.3, 0.4) is 0 Å². The summed E-state index contributed by atoms with van der Waals surface area (Å²) < 4.78 is 12.7. The molecule has 0 amide bonds. The molecule has 0 radical (unpaired) electrons. The molecule has 0 aliphatic carbocycles. The van der Waals surface area contributed by atoms with Gasteiger partial charge in [0.2, 0.25) is 0 Å². The van der Waals surface area contributed by atoms with E-state index in [0.29, 0.717) is 34.0 Å². The first-order valence-electron chi connectivity index (χ1n) is 11.6. The molecule has 0 saturated carbocycles. The average Bonchev–Trinajstić information content (AvgIpc) is 3.19. The van der Waals surface area contributed by atoms with Gasteiger partial charge in [0.25, 0.3) is 11.2 Å². The van der Waals surface area contributed by atoms with E-state index in [1.54, 1.807) is 49.4 Å². The zero-order valence-electron chi connectivity index (χ0n) is 20.4. The molecule has 0 bridgehead atoms. The Balaban J connectivity index is 1.90. The van der Waals surface area contributed by atoms with Crippen LogP contribution in [-0.2, 0) is 9.53 Å². The third kappa shape index (κ3) is 5.29. The molecule has 1 aliphatic rings. The first-order chi connectivity index (χ1) is 17.8. The number of rotatable bonds is 9. The number of nitro groups is 1. The summed E-state index contributed by atoms with van der Waals surface area (Å²) >= 11 is 1.10. The van der Waals surface area contributed by atoms with E-state index in [1.807, 2.05) is 6.92 Å². The van der Waals surface area contributed by atoms with Crippen molar-refractivity contribution in [2.75, 3.05) is 13.2 Å². The van der Waals surface area contributed by atoms with Gasteiger partial charge in [-0.05, 0) is 43.2 Å². The van der Waals surface area contributed by atoms with Crippen LogP contribution in [0.4, 0.5) is 5.69 Å². The Morgan fingerprint density at radius 2 is 1.97 bits per heavy atom. The number of carbonyl (C=O) groups excluding carboxylic acids is 1. The van der Waals surface area contributed by atoms with Gasteiger partial charge < -0.3 is 9.47 Å². The molecule has 1 unspecified atom stereocenters. The molecule has 37 heavy (non-hydrogen) atoms. The molecule has 190 valence electrons. The Labute approximate surface area is 216 Å². The summed E-state index contributed by atoms with van der Waals surface area (Å²) in [6, 6.07) is 12.6. The normalized spacial score (nSPS) is 15.1. The summed E-state index contributed by atoms with van der Waals surface area (Å²) in [7, 11) is 0. The Morgan fingerprint density at radius 1 is 1.24 bits per heavy atom. The van der Waals surface area contributed by atoms with Crippen LogP contribution >= 0.6 is 11.3 Å². The Bertz CT molecular complexity index is 1570. The zero-order chi connectivity index (χ0) is 26.5. The Hall–Kier alpha value is -4.31. The third-order valence-electron chi connectivity index (χ3n) is 5.66. The van der Waals surface area contributed by atoms with E-state index in [1.165, 1.54) is 22.8 Å². The number of allylic oxidation sites excluding steroid dienone is 1.